The molecule has 1 fully saturated rings. The lowest BCUT2D eigenvalue weighted by Gasteiger charge is -2.32. The van der Waals surface area contributed by atoms with Crippen molar-refractivity contribution in [3.8, 4) is 0 Å². The van der Waals surface area contributed by atoms with E-state index in [9.17, 15) is 8.42 Å². The summed E-state index contributed by atoms with van der Waals surface area (Å²) in [4.78, 5) is 1.79. The van der Waals surface area contributed by atoms with Crippen LogP contribution in [0.4, 0.5) is 0 Å². The molecule has 4 nitrogen and oxygen atoms in total. The fraction of sp³-hybridized carbons (Fsp3) is 0.368. The first-order valence-corrected chi connectivity index (χ1v) is 10.3. The van der Waals surface area contributed by atoms with Gasteiger partial charge in [0.15, 0.2) is 0 Å². The van der Waals surface area contributed by atoms with E-state index in [1.807, 2.05) is 25.1 Å². The highest BCUT2D eigenvalue weighted by molar-refractivity contribution is 7.89. The van der Waals surface area contributed by atoms with Crippen LogP contribution in [-0.4, -0.2) is 38.9 Å². The van der Waals surface area contributed by atoms with Gasteiger partial charge in [-0.1, -0.05) is 41.9 Å². The first-order valence-electron chi connectivity index (χ1n) is 8.52. The average Bonchev–Trinajstić information content (AvgIpc) is 2.59. The summed E-state index contributed by atoms with van der Waals surface area (Å²) in [7, 11) is -3.47. The van der Waals surface area contributed by atoms with E-state index in [0.29, 0.717) is 28.6 Å². The molecular formula is C19H24ClN2O2S+. The molecule has 6 heteroatoms. The van der Waals surface area contributed by atoms with Crippen LogP contribution in [-0.2, 0) is 16.6 Å². The minimum absolute atomic E-state index is 0.376. The van der Waals surface area contributed by atoms with Gasteiger partial charge in [-0.15, -0.1) is 0 Å². The number of piperazine rings is 1. The van der Waals surface area contributed by atoms with Gasteiger partial charge in [0.2, 0.25) is 10.0 Å². The molecule has 0 spiro atoms. The molecule has 134 valence electrons. The molecule has 0 bridgehead atoms. The highest BCUT2D eigenvalue weighted by Gasteiger charge is 2.31. The lowest BCUT2D eigenvalue weighted by atomic mass is 10.2. The Balaban J connectivity index is 1.71. The maximum Gasteiger partial charge on any atom is 0.243 e. The number of nitrogens with one attached hydrogen (secondary N) is 1. The standard InChI is InChI=1S/C19H23ClN2O2S/c1-15-13-19(16(2)12-18(15)20)25(23,24)22-10-8-21(9-11-22)14-17-6-4-3-5-7-17/h3-7,12-13H,8-11,14H2,1-2H3/p+1. The predicted octanol–water partition coefficient (Wildman–Crippen LogP) is 2.05. The van der Waals surface area contributed by atoms with Gasteiger partial charge in [0.1, 0.15) is 6.54 Å². The fourth-order valence-corrected chi connectivity index (χ4v) is 5.23. The van der Waals surface area contributed by atoms with Gasteiger partial charge in [0.25, 0.3) is 0 Å². The Morgan fingerprint density at radius 2 is 1.68 bits per heavy atom. The molecule has 0 unspecified atom stereocenters. The highest BCUT2D eigenvalue weighted by atomic mass is 35.5. The largest absolute Gasteiger partial charge is 0.329 e. The molecule has 0 atom stereocenters. The van der Waals surface area contributed by atoms with Crippen LogP contribution < -0.4 is 4.90 Å². The number of nitrogens with zero attached hydrogens (tertiary/aromatic N) is 1. The summed E-state index contributed by atoms with van der Waals surface area (Å²) in [5.74, 6) is 0. The Bertz CT molecular complexity index is 845. The SMILES string of the molecule is Cc1cc(S(=O)(=O)N2CC[NH+](Cc3ccccc3)CC2)c(C)cc1Cl. The first kappa shape index (κ1) is 18.4. The number of benzene rings is 2. The molecule has 1 N–H and O–H groups in total. The maximum atomic E-state index is 13.0. The van der Waals surface area contributed by atoms with Crippen molar-refractivity contribution in [1.82, 2.24) is 4.31 Å². The number of hydrogen-bond acceptors (Lipinski definition) is 2. The zero-order valence-electron chi connectivity index (χ0n) is 14.6. The van der Waals surface area contributed by atoms with Crippen LogP contribution in [0.5, 0.6) is 0 Å². The van der Waals surface area contributed by atoms with Gasteiger partial charge in [-0.25, -0.2) is 8.42 Å². The van der Waals surface area contributed by atoms with Gasteiger partial charge in [0.05, 0.1) is 31.1 Å². The molecule has 0 radical (unpaired) electrons. The molecule has 1 saturated heterocycles. The minimum atomic E-state index is -3.47. The summed E-state index contributed by atoms with van der Waals surface area (Å²) in [5.41, 5.74) is 2.78. The van der Waals surface area contributed by atoms with Crippen LogP contribution in [0.2, 0.25) is 5.02 Å². The Labute approximate surface area is 155 Å². The van der Waals surface area contributed by atoms with E-state index in [-0.39, 0.29) is 0 Å². The molecule has 25 heavy (non-hydrogen) atoms. The molecular weight excluding hydrogens is 356 g/mol. The molecule has 1 aliphatic heterocycles. The predicted molar refractivity (Wildman–Crippen MR) is 101 cm³/mol. The Kier molecular flexibility index (Phi) is 5.49. The third kappa shape index (κ3) is 4.06. The molecule has 0 amide bonds. The second kappa shape index (κ2) is 7.46. The summed E-state index contributed by atoms with van der Waals surface area (Å²) >= 11 is 6.11. The molecule has 3 rings (SSSR count). The summed E-state index contributed by atoms with van der Waals surface area (Å²) in [6.07, 6.45) is 0. The van der Waals surface area contributed by atoms with E-state index >= 15 is 0 Å². The summed E-state index contributed by atoms with van der Waals surface area (Å²) in [6, 6.07) is 13.8. The number of aryl methyl sites for hydroxylation is 2. The maximum absolute atomic E-state index is 13.0. The van der Waals surface area contributed by atoms with Crippen LogP contribution in [0.25, 0.3) is 0 Å². The van der Waals surface area contributed by atoms with E-state index in [1.165, 1.54) is 10.5 Å². The lowest BCUT2D eigenvalue weighted by molar-refractivity contribution is -0.917. The molecule has 1 heterocycles. The van der Waals surface area contributed by atoms with Crippen molar-refractivity contribution in [2.45, 2.75) is 25.3 Å². The third-order valence-electron chi connectivity index (χ3n) is 4.80. The quantitative estimate of drug-likeness (QED) is 0.883. The van der Waals surface area contributed by atoms with Crippen LogP contribution >= 0.6 is 11.6 Å². The molecule has 0 aliphatic carbocycles. The van der Waals surface area contributed by atoms with Gasteiger partial charge in [-0.2, -0.15) is 4.31 Å². The van der Waals surface area contributed by atoms with Crippen molar-refractivity contribution in [3.63, 3.8) is 0 Å². The van der Waals surface area contributed by atoms with Gasteiger partial charge < -0.3 is 4.90 Å². The summed E-state index contributed by atoms with van der Waals surface area (Å²) in [5, 5.41) is 0.605. The Morgan fingerprint density at radius 1 is 1.04 bits per heavy atom. The summed E-state index contributed by atoms with van der Waals surface area (Å²) < 4.78 is 27.6. The van der Waals surface area contributed by atoms with Crippen LogP contribution in [0.3, 0.4) is 0 Å². The highest BCUT2D eigenvalue weighted by Crippen LogP contribution is 2.26. The first-order chi connectivity index (χ1) is 11.9. The monoisotopic (exact) mass is 379 g/mol. The van der Waals surface area contributed by atoms with Crippen LogP contribution in [0.15, 0.2) is 47.4 Å². The van der Waals surface area contributed by atoms with Gasteiger partial charge in [0, 0.05) is 10.6 Å². The molecule has 0 saturated carbocycles. The van der Waals surface area contributed by atoms with Gasteiger partial charge >= 0.3 is 0 Å². The normalized spacial score (nSPS) is 16.9. The topological polar surface area (TPSA) is 41.8 Å². The zero-order valence-corrected chi connectivity index (χ0v) is 16.2. The number of halogens is 1. The van der Waals surface area contributed by atoms with Crippen molar-refractivity contribution in [1.29, 1.82) is 0 Å². The van der Waals surface area contributed by atoms with Gasteiger partial charge in [-0.3, -0.25) is 0 Å². The molecule has 2 aromatic carbocycles. The zero-order chi connectivity index (χ0) is 18.0. The van der Waals surface area contributed by atoms with E-state index in [4.69, 9.17) is 11.6 Å². The Morgan fingerprint density at radius 3 is 2.32 bits per heavy atom. The summed E-state index contributed by atoms with van der Waals surface area (Å²) in [6.45, 7) is 7.31. The van der Waals surface area contributed by atoms with E-state index in [0.717, 1.165) is 25.2 Å². The molecule has 1 aliphatic rings. The average molecular weight is 380 g/mol. The van der Waals surface area contributed by atoms with Gasteiger partial charge in [-0.05, 0) is 37.1 Å². The van der Waals surface area contributed by atoms with Crippen molar-refractivity contribution < 1.29 is 13.3 Å². The van der Waals surface area contributed by atoms with Crippen molar-refractivity contribution in [3.05, 3.63) is 64.2 Å². The fourth-order valence-electron chi connectivity index (χ4n) is 3.28. The Hall–Kier alpha value is -1.40. The van der Waals surface area contributed by atoms with Crippen molar-refractivity contribution in [2.75, 3.05) is 26.2 Å². The second-order valence-electron chi connectivity index (χ2n) is 6.68. The second-order valence-corrected chi connectivity index (χ2v) is 9.00. The van der Waals surface area contributed by atoms with Crippen LogP contribution in [0, 0.1) is 13.8 Å². The van der Waals surface area contributed by atoms with Crippen LogP contribution in [0.1, 0.15) is 16.7 Å². The molecule has 2 aromatic rings. The third-order valence-corrected chi connectivity index (χ3v) is 7.25. The van der Waals surface area contributed by atoms with E-state index in [2.05, 4.69) is 12.1 Å². The minimum Gasteiger partial charge on any atom is -0.329 e. The number of quaternary nitrogens is 1. The number of hydrogen-bond donors (Lipinski definition) is 1. The number of rotatable bonds is 4. The van der Waals surface area contributed by atoms with Crippen molar-refractivity contribution >= 4 is 21.6 Å². The van der Waals surface area contributed by atoms with Crippen molar-refractivity contribution in [2.24, 2.45) is 0 Å². The van der Waals surface area contributed by atoms with E-state index < -0.39 is 10.0 Å². The number of sulfonamides is 1. The van der Waals surface area contributed by atoms with E-state index in [1.54, 1.807) is 23.4 Å². The lowest BCUT2D eigenvalue weighted by Crippen LogP contribution is -3.13. The smallest absolute Gasteiger partial charge is 0.243 e. The molecule has 0 aromatic heterocycles.